The summed E-state index contributed by atoms with van der Waals surface area (Å²) in [5.41, 5.74) is 0.333. The summed E-state index contributed by atoms with van der Waals surface area (Å²) in [6.45, 7) is 1.15. The molecule has 28 heavy (non-hydrogen) atoms. The minimum absolute atomic E-state index is 0.0323. The molecule has 7 heteroatoms. The highest BCUT2D eigenvalue weighted by Crippen LogP contribution is 2.30. The first-order valence-electron chi connectivity index (χ1n) is 9.24. The Morgan fingerprint density at radius 1 is 1.11 bits per heavy atom. The van der Waals surface area contributed by atoms with Gasteiger partial charge in [-0.1, -0.05) is 30.3 Å². The number of amides is 1. The Bertz CT molecular complexity index is 822. The number of carbonyl (C=O) groups excluding carboxylic acids is 1. The van der Waals surface area contributed by atoms with Gasteiger partial charge in [0, 0.05) is 31.1 Å². The summed E-state index contributed by atoms with van der Waals surface area (Å²) < 4.78 is 52.3. The number of hydrogen-bond acceptors (Lipinski definition) is 2. The van der Waals surface area contributed by atoms with Crippen molar-refractivity contribution in [3.8, 4) is 0 Å². The molecule has 0 bridgehead atoms. The molecule has 3 rings (SSSR count). The van der Waals surface area contributed by atoms with Crippen molar-refractivity contribution in [2.24, 2.45) is 0 Å². The minimum atomic E-state index is -4.40. The molecular formula is C21H22F4N2O. The second-order valence-corrected chi connectivity index (χ2v) is 6.97. The van der Waals surface area contributed by atoms with Crippen LogP contribution in [0.25, 0.3) is 0 Å². The number of hydrogen-bond donors (Lipinski definition) is 1. The van der Waals surface area contributed by atoms with Crippen LogP contribution >= 0.6 is 0 Å². The predicted molar refractivity (Wildman–Crippen MR) is 97.7 cm³/mol. The summed E-state index contributed by atoms with van der Waals surface area (Å²) in [6.07, 6.45) is -2.66. The van der Waals surface area contributed by atoms with Crippen LogP contribution in [0.5, 0.6) is 0 Å². The van der Waals surface area contributed by atoms with E-state index in [-0.39, 0.29) is 24.3 Å². The highest BCUT2D eigenvalue weighted by Gasteiger charge is 2.32. The third kappa shape index (κ3) is 5.10. The molecule has 1 saturated heterocycles. The van der Waals surface area contributed by atoms with Crippen LogP contribution in [0.1, 0.15) is 36.0 Å². The minimum Gasteiger partial charge on any atom is -0.335 e. The predicted octanol–water partition coefficient (Wildman–Crippen LogP) is 4.52. The molecule has 2 aromatic rings. The van der Waals surface area contributed by atoms with Crippen molar-refractivity contribution in [3.05, 3.63) is 71.0 Å². The molecule has 150 valence electrons. The van der Waals surface area contributed by atoms with E-state index < -0.39 is 11.7 Å². The van der Waals surface area contributed by atoms with Crippen LogP contribution in [0, 0.1) is 5.82 Å². The van der Waals surface area contributed by atoms with E-state index in [1.165, 1.54) is 12.1 Å². The Morgan fingerprint density at radius 2 is 1.89 bits per heavy atom. The smallest absolute Gasteiger partial charge is 0.335 e. The molecule has 1 amide bonds. The molecule has 1 aliphatic heterocycles. The van der Waals surface area contributed by atoms with E-state index in [0.29, 0.717) is 43.5 Å². The van der Waals surface area contributed by atoms with Gasteiger partial charge in [0.1, 0.15) is 5.82 Å². The van der Waals surface area contributed by atoms with Gasteiger partial charge in [-0.15, -0.1) is 0 Å². The maximum absolute atomic E-state index is 13.6. The Labute approximate surface area is 161 Å². The normalized spacial score (nSPS) is 17.4. The van der Waals surface area contributed by atoms with E-state index in [2.05, 4.69) is 5.32 Å². The first-order chi connectivity index (χ1) is 13.3. The van der Waals surface area contributed by atoms with Crippen molar-refractivity contribution in [3.63, 3.8) is 0 Å². The monoisotopic (exact) mass is 394 g/mol. The van der Waals surface area contributed by atoms with Crippen molar-refractivity contribution in [2.75, 3.05) is 6.54 Å². The SMILES string of the molecule is O=C1CCC(CCNCc2ccccc2F)N1Cc1cccc(C(F)(F)F)c1. The Kier molecular flexibility index (Phi) is 6.34. The lowest BCUT2D eigenvalue weighted by Gasteiger charge is -2.25. The lowest BCUT2D eigenvalue weighted by molar-refractivity contribution is -0.137. The second kappa shape index (κ2) is 8.73. The number of alkyl halides is 3. The zero-order valence-corrected chi connectivity index (χ0v) is 15.3. The fraction of sp³-hybridized carbons (Fsp3) is 0.381. The van der Waals surface area contributed by atoms with Gasteiger partial charge in [0.25, 0.3) is 0 Å². The quantitative estimate of drug-likeness (QED) is 0.553. The fourth-order valence-corrected chi connectivity index (χ4v) is 3.49. The molecule has 3 nitrogen and oxygen atoms in total. The van der Waals surface area contributed by atoms with Crippen LogP contribution in [0.3, 0.4) is 0 Å². The molecular weight excluding hydrogens is 372 g/mol. The molecule has 1 atom stereocenters. The average molecular weight is 394 g/mol. The average Bonchev–Trinajstić information content (AvgIpc) is 3.00. The molecule has 1 aliphatic rings. The summed E-state index contributed by atoms with van der Waals surface area (Å²) in [6, 6.07) is 11.6. The van der Waals surface area contributed by atoms with Crippen LogP contribution in [-0.4, -0.2) is 23.4 Å². The molecule has 1 heterocycles. The highest BCUT2D eigenvalue weighted by atomic mass is 19.4. The third-order valence-corrected chi connectivity index (χ3v) is 4.99. The van der Waals surface area contributed by atoms with Crippen LogP contribution < -0.4 is 5.32 Å². The third-order valence-electron chi connectivity index (χ3n) is 4.99. The number of carbonyl (C=O) groups is 1. The first kappa shape index (κ1) is 20.3. The van der Waals surface area contributed by atoms with Crippen molar-refractivity contribution >= 4 is 5.91 Å². The largest absolute Gasteiger partial charge is 0.416 e. The van der Waals surface area contributed by atoms with Gasteiger partial charge >= 0.3 is 6.18 Å². The van der Waals surface area contributed by atoms with E-state index in [9.17, 15) is 22.4 Å². The van der Waals surface area contributed by atoms with Gasteiger partial charge in [-0.05, 0) is 43.1 Å². The first-order valence-corrected chi connectivity index (χ1v) is 9.24. The van der Waals surface area contributed by atoms with Gasteiger partial charge in [0.2, 0.25) is 5.91 Å². The van der Waals surface area contributed by atoms with E-state index in [1.807, 2.05) is 0 Å². The molecule has 0 spiro atoms. The molecule has 1 unspecified atom stereocenters. The maximum Gasteiger partial charge on any atom is 0.416 e. The van der Waals surface area contributed by atoms with Crippen LogP contribution in [-0.2, 0) is 24.1 Å². The van der Waals surface area contributed by atoms with Crippen molar-refractivity contribution < 1.29 is 22.4 Å². The molecule has 0 radical (unpaired) electrons. The van der Waals surface area contributed by atoms with Gasteiger partial charge in [0.15, 0.2) is 0 Å². The summed E-state index contributed by atoms with van der Waals surface area (Å²) in [4.78, 5) is 13.9. The van der Waals surface area contributed by atoms with Crippen LogP contribution in [0.15, 0.2) is 48.5 Å². The van der Waals surface area contributed by atoms with Crippen LogP contribution in [0.4, 0.5) is 17.6 Å². The van der Waals surface area contributed by atoms with Gasteiger partial charge in [-0.2, -0.15) is 13.2 Å². The number of benzene rings is 2. The number of likely N-dealkylation sites (tertiary alicyclic amines) is 1. The summed E-state index contributed by atoms with van der Waals surface area (Å²) in [5.74, 6) is -0.311. The van der Waals surface area contributed by atoms with Gasteiger partial charge in [-0.25, -0.2) is 4.39 Å². The number of nitrogens with one attached hydrogen (secondary N) is 1. The van der Waals surface area contributed by atoms with E-state index in [0.717, 1.165) is 12.1 Å². The number of rotatable bonds is 7. The summed E-state index contributed by atoms with van der Waals surface area (Å²) >= 11 is 0. The number of nitrogens with zero attached hydrogens (tertiary/aromatic N) is 1. The standard InChI is InChI=1S/C21H22F4N2O/c22-19-7-2-1-5-16(19)13-26-11-10-18-8-9-20(28)27(18)14-15-4-3-6-17(12-15)21(23,24)25/h1-7,12,18,26H,8-11,13-14H2. The topological polar surface area (TPSA) is 32.3 Å². The van der Waals surface area contributed by atoms with E-state index in [4.69, 9.17) is 0 Å². The van der Waals surface area contributed by atoms with Gasteiger partial charge in [0.05, 0.1) is 5.56 Å². The summed E-state index contributed by atoms with van der Waals surface area (Å²) in [7, 11) is 0. The van der Waals surface area contributed by atoms with Crippen LogP contribution in [0.2, 0.25) is 0 Å². The second-order valence-electron chi connectivity index (χ2n) is 6.97. The fourth-order valence-electron chi connectivity index (χ4n) is 3.49. The van der Waals surface area contributed by atoms with Crippen molar-refractivity contribution in [2.45, 2.75) is 44.6 Å². The Morgan fingerprint density at radius 3 is 2.64 bits per heavy atom. The van der Waals surface area contributed by atoms with Crippen molar-refractivity contribution in [1.82, 2.24) is 10.2 Å². The molecule has 0 aromatic heterocycles. The van der Waals surface area contributed by atoms with Gasteiger partial charge < -0.3 is 10.2 Å². The molecule has 0 saturated carbocycles. The molecule has 2 aromatic carbocycles. The molecule has 1 N–H and O–H groups in total. The highest BCUT2D eigenvalue weighted by molar-refractivity contribution is 5.78. The Hall–Kier alpha value is -2.41. The van der Waals surface area contributed by atoms with E-state index >= 15 is 0 Å². The number of halogens is 4. The lowest BCUT2D eigenvalue weighted by atomic mass is 10.1. The molecule has 0 aliphatic carbocycles. The zero-order valence-electron chi connectivity index (χ0n) is 15.3. The molecule has 1 fully saturated rings. The zero-order chi connectivity index (χ0) is 20.1. The van der Waals surface area contributed by atoms with Crippen molar-refractivity contribution in [1.29, 1.82) is 0 Å². The Balaban J connectivity index is 1.55. The summed E-state index contributed by atoms with van der Waals surface area (Å²) in [5, 5.41) is 3.17. The van der Waals surface area contributed by atoms with Gasteiger partial charge in [-0.3, -0.25) is 4.79 Å². The lowest BCUT2D eigenvalue weighted by Crippen LogP contribution is -2.34. The maximum atomic E-state index is 13.6. The van der Waals surface area contributed by atoms with E-state index in [1.54, 1.807) is 29.2 Å².